The number of amides is 1. The Bertz CT molecular complexity index is 142. The standard InChI is InChI=1S/C9H17NO/c1-7(2)3-4-8-5-9(11)10-6-8/h7-8H,3-6H2,1-2H3,(H,10,11). The average molecular weight is 155 g/mol. The molecule has 1 atom stereocenters. The van der Waals surface area contributed by atoms with Gasteiger partial charge in [-0.05, 0) is 18.3 Å². The molecule has 0 aromatic carbocycles. The van der Waals surface area contributed by atoms with Crippen LogP contribution in [0.3, 0.4) is 0 Å². The predicted molar refractivity (Wildman–Crippen MR) is 45.2 cm³/mol. The van der Waals surface area contributed by atoms with Gasteiger partial charge in [-0.1, -0.05) is 20.3 Å². The van der Waals surface area contributed by atoms with Gasteiger partial charge < -0.3 is 5.32 Å². The van der Waals surface area contributed by atoms with Crippen LogP contribution in [-0.4, -0.2) is 12.5 Å². The fraction of sp³-hybridized carbons (Fsp3) is 0.889. The van der Waals surface area contributed by atoms with Gasteiger partial charge in [-0.3, -0.25) is 4.79 Å². The first-order chi connectivity index (χ1) is 5.18. The molecule has 1 heterocycles. The van der Waals surface area contributed by atoms with Crippen molar-refractivity contribution in [3.8, 4) is 0 Å². The second-order valence-electron chi connectivity index (χ2n) is 3.85. The highest BCUT2D eigenvalue weighted by Crippen LogP contribution is 2.18. The van der Waals surface area contributed by atoms with Gasteiger partial charge in [0.15, 0.2) is 0 Å². The molecule has 1 saturated heterocycles. The lowest BCUT2D eigenvalue weighted by atomic mass is 9.97. The first-order valence-electron chi connectivity index (χ1n) is 4.45. The fourth-order valence-electron chi connectivity index (χ4n) is 1.44. The number of rotatable bonds is 3. The molecule has 64 valence electrons. The van der Waals surface area contributed by atoms with E-state index in [1.807, 2.05) is 0 Å². The Hall–Kier alpha value is -0.530. The molecule has 1 aliphatic heterocycles. The molecule has 0 spiro atoms. The van der Waals surface area contributed by atoms with Crippen LogP contribution in [0.25, 0.3) is 0 Å². The second kappa shape index (κ2) is 3.74. The maximum atomic E-state index is 10.8. The molecule has 0 aliphatic carbocycles. The van der Waals surface area contributed by atoms with Crippen molar-refractivity contribution in [2.75, 3.05) is 6.54 Å². The van der Waals surface area contributed by atoms with Gasteiger partial charge in [-0.15, -0.1) is 0 Å². The van der Waals surface area contributed by atoms with E-state index in [9.17, 15) is 4.79 Å². The van der Waals surface area contributed by atoms with Gasteiger partial charge in [-0.25, -0.2) is 0 Å². The zero-order chi connectivity index (χ0) is 8.27. The second-order valence-corrected chi connectivity index (χ2v) is 3.85. The van der Waals surface area contributed by atoms with Crippen LogP contribution in [0.2, 0.25) is 0 Å². The van der Waals surface area contributed by atoms with Crippen molar-refractivity contribution >= 4 is 5.91 Å². The zero-order valence-corrected chi connectivity index (χ0v) is 7.39. The first kappa shape index (κ1) is 8.57. The molecule has 0 saturated carbocycles. The van der Waals surface area contributed by atoms with Crippen molar-refractivity contribution in [3.05, 3.63) is 0 Å². The largest absolute Gasteiger partial charge is 0.356 e. The quantitative estimate of drug-likeness (QED) is 0.658. The van der Waals surface area contributed by atoms with Crippen LogP contribution in [0.5, 0.6) is 0 Å². The van der Waals surface area contributed by atoms with E-state index in [1.54, 1.807) is 0 Å². The molecule has 1 N–H and O–H groups in total. The molecular weight excluding hydrogens is 138 g/mol. The molecule has 0 aromatic rings. The molecule has 11 heavy (non-hydrogen) atoms. The summed E-state index contributed by atoms with van der Waals surface area (Å²) < 4.78 is 0. The highest BCUT2D eigenvalue weighted by Gasteiger charge is 2.20. The summed E-state index contributed by atoms with van der Waals surface area (Å²) in [5.41, 5.74) is 0. The van der Waals surface area contributed by atoms with Crippen LogP contribution in [-0.2, 0) is 4.79 Å². The summed E-state index contributed by atoms with van der Waals surface area (Å²) in [5, 5.41) is 2.85. The van der Waals surface area contributed by atoms with Crippen molar-refractivity contribution in [2.45, 2.75) is 33.1 Å². The van der Waals surface area contributed by atoms with E-state index in [-0.39, 0.29) is 5.91 Å². The van der Waals surface area contributed by atoms with Crippen LogP contribution in [0, 0.1) is 11.8 Å². The van der Waals surface area contributed by atoms with Crippen molar-refractivity contribution < 1.29 is 4.79 Å². The smallest absolute Gasteiger partial charge is 0.220 e. The minimum atomic E-state index is 0.235. The molecule has 2 heteroatoms. The summed E-state index contributed by atoms with van der Waals surface area (Å²) in [6.07, 6.45) is 3.21. The third-order valence-electron chi connectivity index (χ3n) is 2.21. The van der Waals surface area contributed by atoms with Crippen molar-refractivity contribution in [1.29, 1.82) is 0 Å². The highest BCUT2D eigenvalue weighted by molar-refractivity contribution is 5.78. The summed E-state index contributed by atoms with van der Waals surface area (Å²) in [5.74, 6) is 1.62. The van der Waals surface area contributed by atoms with Crippen LogP contribution >= 0.6 is 0 Å². The molecule has 0 radical (unpaired) electrons. The fourth-order valence-corrected chi connectivity index (χ4v) is 1.44. The number of hydrogen-bond acceptors (Lipinski definition) is 1. The van der Waals surface area contributed by atoms with Gasteiger partial charge in [0.1, 0.15) is 0 Å². The Kier molecular flexibility index (Phi) is 2.92. The number of hydrogen-bond donors (Lipinski definition) is 1. The average Bonchev–Trinajstić information content (AvgIpc) is 2.31. The molecule has 2 nitrogen and oxygen atoms in total. The Labute approximate surface area is 68.4 Å². The van der Waals surface area contributed by atoms with Crippen LogP contribution in [0.4, 0.5) is 0 Å². The summed E-state index contributed by atoms with van der Waals surface area (Å²) in [4.78, 5) is 10.8. The lowest BCUT2D eigenvalue weighted by Crippen LogP contribution is -2.13. The summed E-state index contributed by atoms with van der Waals surface area (Å²) >= 11 is 0. The van der Waals surface area contributed by atoms with E-state index < -0.39 is 0 Å². The van der Waals surface area contributed by atoms with Crippen LogP contribution in [0.15, 0.2) is 0 Å². The summed E-state index contributed by atoms with van der Waals surface area (Å²) in [7, 11) is 0. The Morgan fingerprint density at radius 2 is 2.36 bits per heavy atom. The summed E-state index contributed by atoms with van der Waals surface area (Å²) in [6.45, 7) is 5.36. The van der Waals surface area contributed by atoms with Crippen LogP contribution in [0.1, 0.15) is 33.1 Å². The van der Waals surface area contributed by atoms with Gasteiger partial charge in [0.2, 0.25) is 5.91 Å². The molecule has 0 bridgehead atoms. The third kappa shape index (κ3) is 2.91. The van der Waals surface area contributed by atoms with E-state index >= 15 is 0 Å². The minimum Gasteiger partial charge on any atom is -0.356 e. The topological polar surface area (TPSA) is 29.1 Å². The number of carbonyl (C=O) groups excluding carboxylic acids is 1. The van der Waals surface area contributed by atoms with Crippen molar-refractivity contribution in [1.82, 2.24) is 5.32 Å². The normalized spacial score (nSPS) is 24.3. The Morgan fingerprint density at radius 1 is 1.64 bits per heavy atom. The van der Waals surface area contributed by atoms with E-state index in [1.165, 1.54) is 12.8 Å². The van der Waals surface area contributed by atoms with E-state index in [4.69, 9.17) is 0 Å². The molecular formula is C9H17NO. The summed E-state index contributed by atoms with van der Waals surface area (Å²) in [6, 6.07) is 0. The SMILES string of the molecule is CC(C)CCC1CNC(=O)C1. The molecule has 1 fully saturated rings. The molecule has 1 amide bonds. The van der Waals surface area contributed by atoms with Crippen molar-refractivity contribution in [2.24, 2.45) is 11.8 Å². The van der Waals surface area contributed by atoms with Gasteiger partial charge in [0.25, 0.3) is 0 Å². The number of carbonyl (C=O) groups is 1. The van der Waals surface area contributed by atoms with E-state index in [2.05, 4.69) is 19.2 Å². The maximum absolute atomic E-state index is 10.8. The first-order valence-corrected chi connectivity index (χ1v) is 4.45. The van der Waals surface area contributed by atoms with Gasteiger partial charge >= 0.3 is 0 Å². The van der Waals surface area contributed by atoms with Gasteiger partial charge in [0.05, 0.1) is 0 Å². The molecule has 1 unspecified atom stereocenters. The van der Waals surface area contributed by atoms with E-state index in [0.29, 0.717) is 5.92 Å². The molecule has 1 aliphatic rings. The Balaban J connectivity index is 2.13. The lowest BCUT2D eigenvalue weighted by molar-refractivity contribution is -0.119. The zero-order valence-electron chi connectivity index (χ0n) is 7.39. The maximum Gasteiger partial charge on any atom is 0.220 e. The lowest BCUT2D eigenvalue weighted by Gasteiger charge is -2.08. The van der Waals surface area contributed by atoms with Crippen molar-refractivity contribution in [3.63, 3.8) is 0 Å². The monoisotopic (exact) mass is 155 g/mol. The minimum absolute atomic E-state index is 0.235. The van der Waals surface area contributed by atoms with Gasteiger partial charge in [0, 0.05) is 13.0 Å². The third-order valence-corrected chi connectivity index (χ3v) is 2.21. The highest BCUT2D eigenvalue weighted by atomic mass is 16.1. The molecule has 0 aromatic heterocycles. The molecule has 1 rings (SSSR count). The van der Waals surface area contributed by atoms with Gasteiger partial charge in [-0.2, -0.15) is 0 Å². The van der Waals surface area contributed by atoms with Crippen LogP contribution < -0.4 is 5.32 Å². The number of nitrogens with one attached hydrogen (secondary N) is 1. The Morgan fingerprint density at radius 3 is 2.82 bits per heavy atom. The predicted octanol–water partition coefficient (Wildman–Crippen LogP) is 1.56. The van der Waals surface area contributed by atoms with E-state index in [0.717, 1.165) is 18.9 Å².